The summed E-state index contributed by atoms with van der Waals surface area (Å²) in [5.41, 5.74) is 0.237. The lowest BCUT2D eigenvalue weighted by Gasteiger charge is -2.41. The molecule has 3 nitrogen and oxygen atoms in total. The zero-order valence-electron chi connectivity index (χ0n) is 11.7. The molecule has 0 radical (unpaired) electrons. The van der Waals surface area contributed by atoms with Crippen molar-refractivity contribution in [2.45, 2.75) is 38.1 Å². The number of hydrogen-bond acceptors (Lipinski definition) is 3. The van der Waals surface area contributed by atoms with Gasteiger partial charge in [-0.3, -0.25) is 0 Å². The van der Waals surface area contributed by atoms with Gasteiger partial charge >= 0.3 is 5.97 Å². The first-order valence-electron chi connectivity index (χ1n) is 6.81. The first-order chi connectivity index (χ1) is 9.49. The van der Waals surface area contributed by atoms with Crippen molar-refractivity contribution < 1.29 is 9.53 Å². The van der Waals surface area contributed by atoms with E-state index in [-0.39, 0.29) is 11.9 Å². The number of rotatable bonds is 3. The molecule has 2 atom stereocenters. The minimum atomic E-state index is -0.639. The van der Waals surface area contributed by atoms with Gasteiger partial charge in [0.05, 0.1) is 12.1 Å². The number of methoxy groups -OCH3 is 1. The molecule has 0 amide bonds. The molecule has 0 saturated heterocycles. The molecule has 1 N–H and O–H groups in total. The van der Waals surface area contributed by atoms with Crippen LogP contribution in [-0.2, 0) is 9.53 Å². The minimum Gasteiger partial charge on any atom is -0.467 e. The van der Waals surface area contributed by atoms with E-state index in [1.165, 1.54) is 7.11 Å². The van der Waals surface area contributed by atoms with Crippen LogP contribution < -0.4 is 5.32 Å². The van der Waals surface area contributed by atoms with Crippen LogP contribution in [-0.4, -0.2) is 18.6 Å². The van der Waals surface area contributed by atoms with Crippen LogP contribution in [0.1, 0.15) is 32.6 Å². The largest absolute Gasteiger partial charge is 0.467 e. The Morgan fingerprint density at radius 1 is 1.50 bits per heavy atom. The maximum Gasteiger partial charge on any atom is 0.331 e. The van der Waals surface area contributed by atoms with E-state index in [0.717, 1.165) is 35.8 Å². The maximum absolute atomic E-state index is 12.3. The van der Waals surface area contributed by atoms with Crippen LogP contribution in [0.3, 0.4) is 0 Å². The van der Waals surface area contributed by atoms with E-state index < -0.39 is 5.54 Å². The lowest BCUT2D eigenvalue weighted by atomic mass is 9.73. The number of hydrogen-bond donors (Lipinski definition) is 1. The third-order valence-electron chi connectivity index (χ3n) is 4.14. The normalized spacial score (nSPS) is 26.1. The Bertz CT molecular complexity index is 509. The first kappa shape index (κ1) is 15.6. The van der Waals surface area contributed by atoms with Crippen LogP contribution in [0.5, 0.6) is 0 Å². The van der Waals surface area contributed by atoms with Crippen LogP contribution >= 0.6 is 27.5 Å². The van der Waals surface area contributed by atoms with Crippen LogP contribution in [0, 0.1) is 5.92 Å². The molecule has 1 fully saturated rings. The molecular formula is C15H19BrClNO2. The summed E-state index contributed by atoms with van der Waals surface area (Å²) in [5.74, 6) is 0.0499. The fourth-order valence-corrected chi connectivity index (χ4v) is 3.40. The van der Waals surface area contributed by atoms with E-state index in [1.807, 2.05) is 18.2 Å². The molecule has 1 aliphatic rings. The number of ether oxygens (including phenoxy) is 1. The van der Waals surface area contributed by atoms with Crippen LogP contribution in [0.25, 0.3) is 0 Å². The van der Waals surface area contributed by atoms with Gasteiger partial charge in [0.15, 0.2) is 0 Å². The van der Waals surface area contributed by atoms with Gasteiger partial charge in [0.2, 0.25) is 0 Å². The maximum atomic E-state index is 12.3. The van der Waals surface area contributed by atoms with Gasteiger partial charge in [-0.1, -0.05) is 31.4 Å². The van der Waals surface area contributed by atoms with Crippen LogP contribution in [0.15, 0.2) is 22.7 Å². The highest BCUT2D eigenvalue weighted by molar-refractivity contribution is 9.10. The number of anilines is 1. The summed E-state index contributed by atoms with van der Waals surface area (Å²) < 4.78 is 5.86. The molecule has 1 aromatic carbocycles. The highest BCUT2D eigenvalue weighted by atomic mass is 79.9. The fourth-order valence-electron chi connectivity index (χ4n) is 2.90. The summed E-state index contributed by atoms with van der Waals surface area (Å²) in [6.45, 7) is 2.11. The highest BCUT2D eigenvalue weighted by Gasteiger charge is 2.46. The van der Waals surface area contributed by atoms with E-state index in [0.29, 0.717) is 5.02 Å². The van der Waals surface area contributed by atoms with Crippen molar-refractivity contribution in [3.8, 4) is 0 Å². The van der Waals surface area contributed by atoms with E-state index in [1.54, 1.807) is 0 Å². The number of carbonyl (C=O) groups is 1. The summed E-state index contributed by atoms with van der Waals surface area (Å²) in [6.07, 6.45) is 4.01. The molecule has 2 unspecified atom stereocenters. The molecule has 1 saturated carbocycles. The Hall–Kier alpha value is -0.740. The highest BCUT2D eigenvalue weighted by Crippen LogP contribution is 2.38. The zero-order chi connectivity index (χ0) is 14.8. The van der Waals surface area contributed by atoms with Crippen molar-refractivity contribution in [2.24, 2.45) is 5.92 Å². The monoisotopic (exact) mass is 359 g/mol. The minimum absolute atomic E-state index is 0.184. The van der Waals surface area contributed by atoms with Gasteiger partial charge in [-0.15, -0.1) is 0 Å². The predicted molar refractivity (Wildman–Crippen MR) is 85.2 cm³/mol. The number of nitrogens with one attached hydrogen (secondary N) is 1. The summed E-state index contributed by atoms with van der Waals surface area (Å²) in [5, 5.41) is 4.05. The SMILES string of the molecule is COC(=O)C1(Nc2ccc(Cl)c(Br)c2)CCCCC1C. The molecule has 0 aromatic heterocycles. The van der Waals surface area contributed by atoms with Gasteiger partial charge in [0.25, 0.3) is 0 Å². The van der Waals surface area contributed by atoms with Gasteiger partial charge in [0, 0.05) is 10.2 Å². The smallest absolute Gasteiger partial charge is 0.331 e. The summed E-state index contributed by atoms with van der Waals surface area (Å²) in [7, 11) is 1.45. The third-order valence-corrected chi connectivity index (χ3v) is 5.35. The lowest BCUT2D eigenvalue weighted by molar-refractivity contribution is -0.149. The molecule has 2 rings (SSSR count). The molecule has 0 spiro atoms. The van der Waals surface area contributed by atoms with Crippen molar-refractivity contribution in [3.05, 3.63) is 27.7 Å². The van der Waals surface area contributed by atoms with E-state index in [2.05, 4.69) is 28.2 Å². The third kappa shape index (κ3) is 2.96. The number of benzene rings is 1. The molecule has 20 heavy (non-hydrogen) atoms. The molecular weight excluding hydrogens is 342 g/mol. The Morgan fingerprint density at radius 3 is 2.85 bits per heavy atom. The van der Waals surface area contributed by atoms with Gasteiger partial charge < -0.3 is 10.1 Å². The van der Waals surface area contributed by atoms with Gasteiger partial charge in [0.1, 0.15) is 5.54 Å². The van der Waals surface area contributed by atoms with Gasteiger partial charge in [-0.2, -0.15) is 0 Å². The molecule has 1 aromatic rings. The predicted octanol–water partition coefficient (Wildman–Crippen LogP) is 4.64. The van der Waals surface area contributed by atoms with Gasteiger partial charge in [-0.25, -0.2) is 4.79 Å². The lowest BCUT2D eigenvalue weighted by Crippen LogP contribution is -2.54. The number of halogens is 2. The second kappa shape index (κ2) is 6.35. The zero-order valence-corrected chi connectivity index (χ0v) is 14.1. The quantitative estimate of drug-likeness (QED) is 0.798. The molecule has 110 valence electrons. The van der Waals surface area contributed by atoms with Crippen LogP contribution in [0.4, 0.5) is 5.69 Å². The van der Waals surface area contributed by atoms with Crippen molar-refractivity contribution in [1.29, 1.82) is 0 Å². The first-order valence-corrected chi connectivity index (χ1v) is 7.98. The molecule has 0 aliphatic heterocycles. The summed E-state index contributed by atoms with van der Waals surface area (Å²) in [6, 6.07) is 5.60. The second-order valence-electron chi connectivity index (χ2n) is 5.36. The second-order valence-corrected chi connectivity index (χ2v) is 6.63. The van der Waals surface area contributed by atoms with Crippen molar-refractivity contribution in [3.63, 3.8) is 0 Å². The van der Waals surface area contributed by atoms with E-state index >= 15 is 0 Å². The van der Waals surface area contributed by atoms with E-state index in [4.69, 9.17) is 16.3 Å². The Balaban J connectivity index is 2.32. The average molecular weight is 361 g/mol. The van der Waals surface area contributed by atoms with Crippen LogP contribution in [0.2, 0.25) is 5.02 Å². The average Bonchev–Trinajstić information content (AvgIpc) is 2.44. The fraction of sp³-hybridized carbons (Fsp3) is 0.533. The van der Waals surface area contributed by atoms with Crippen molar-refractivity contribution in [2.75, 3.05) is 12.4 Å². The summed E-state index contributed by atoms with van der Waals surface area (Å²) in [4.78, 5) is 12.3. The molecule has 0 heterocycles. The Kier molecular flexibility index (Phi) is 4.97. The molecule has 5 heteroatoms. The number of carbonyl (C=O) groups excluding carboxylic acids is 1. The van der Waals surface area contributed by atoms with Crippen molar-refractivity contribution in [1.82, 2.24) is 0 Å². The molecule has 0 bridgehead atoms. The Morgan fingerprint density at radius 2 is 2.25 bits per heavy atom. The standard InChI is InChI=1S/C15H19BrClNO2/c1-10-5-3-4-8-15(10,14(19)20-2)18-11-6-7-13(17)12(16)9-11/h6-7,9-10,18H,3-5,8H2,1-2H3. The topological polar surface area (TPSA) is 38.3 Å². The molecule has 1 aliphatic carbocycles. The summed E-state index contributed by atoms with van der Waals surface area (Å²) >= 11 is 9.42. The van der Waals surface area contributed by atoms with Crippen molar-refractivity contribution >= 4 is 39.2 Å². The number of esters is 1. The Labute approximate surface area is 133 Å². The van der Waals surface area contributed by atoms with E-state index in [9.17, 15) is 4.79 Å². The van der Waals surface area contributed by atoms with Gasteiger partial charge in [-0.05, 0) is 52.9 Å².